The van der Waals surface area contributed by atoms with E-state index in [9.17, 15) is 4.79 Å². The van der Waals surface area contributed by atoms with Gasteiger partial charge in [-0.2, -0.15) is 0 Å². The van der Waals surface area contributed by atoms with Crippen molar-refractivity contribution in [1.82, 2.24) is 15.6 Å². The molecule has 1 aliphatic heterocycles. The van der Waals surface area contributed by atoms with Gasteiger partial charge in [0.25, 0.3) is 0 Å². The summed E-state index contributed by atoms with van der Waals surface area (Å²) in [5, 5.41) is 9.35. The summed E-state index contributed by atoms with van der Waals surface area (Å²) >= 11 is 1.63. The third kappa shape index (κ3) is 3.53. The molecule has 18 heavy (non-hydrogen) atoms. The number of amides is 1. The zero-order valence-electron chi connectivity index (χ0n) is 11.0. The van der Waals surface area contributed by atoms with Crippen molar-refractivity contribution in [3.05, 3.63) is 16.1 Å². The standard InChI is InChI=1S/C13H21N3OS/c1-9(2)11-8-18-12(16-11)7-15-13(17)10-3-5-14-6-4-10/h8-10,14H,3-7H2,1-2H3,(H,15,17). The van der Waals surface area contributed by atoms with Gasteiger partial charge in [0.05, 0.1) is 12.2 Å². The first-order valence-corrected chi connectivity index (χ1v) is 7.47. The molecule has 1 aliphatic rings. The summed E-state index contributed by atoms with van der Waals surface area (Å²) in [5.74, 6) is 0.809. The van der Waals surface area contributed by atoms with Crippen LogP contribution in [-0.2, 0) is 11.3 Å². The molecule has 0 spiro atoms. The Morgan fingerprint density at radius 2 is 2.28 bits per heavy atom. The molecule has 0 unspecified atom stereocenters. The molecule has 1 aromatic heterocycles. The van der Waals surface area contributed by atoms with E-state index in [0.717, 1.165) is 36.6 Å². The molecule has 0 bridgehead atoms. The number of nitrogens with zero attached hydrogens (tertiary/aromatic N) is 1. The first kappa shape index (κ1) is 13.5. The van der Waals surface area contributed by atoms with Crippen molar-refractivity contribution in [2.24, 2.45) is 5.92 Å². The average Bonchev–Trinajstić information content (AvgIpc) is 2.86. The Morgan fingerprint density at radius 1 is 1.56 bits per heavy atom. The SMILES string of the molecule is CC(C)c1csc(CNC(=O)C2CCNCC2)n1. The zero-order chi connectivity index (χ0) is 13.0. The van der Waals surface area contributed by atoms with Crippen molar-refractivity contribution in [3.63, 3.8) is 0 Å². The molecular weight excluding hydrogens is 246 g/mol. The molecule has 4 nitrogen and oxygen atoms in total. The Kier molecular flexibility index (Phi) is 4.72. The number of hydrogen-bond donors (Lipinski definition) is 2. The smallest absolute Gasteiger partial charge is 0.223 e. The van der Waals surface area contributed by atoms with Crippen molar-refractivity contribution in [2.75, 3.05) is 13.1 Å². The molecule has 0 atom stereocenters. The molecule has 0 aliphatic carbocycles. The van der Waals surface area contributed by atoms with Gasteiger partial charge >= 0.3 is 0 Å². The van der Waals surface area contributed by atoms with Gasteiger partial charge in [0, 0.05) is 11.3 Å². The predicted octanol–water partition coefficient (Wildman–Crippen LogP) is 1.88. The Balaban J connectivity index is 1.81. The lowest BCUT2D eigenvalue weighted by Gasteiger charge is -2.21. The van der Waals surface area contributed by atoms with Crippen LogP contribution >= 0.6 is 11.3 Å². The minimum Gasteiger partial charge on any atom is -0.349 e. The van der Waals surface area contributed by atoms with Crippen LogP contribution in [0.5, 0.6) is 0 Å². The van der Waals surface area contributed by atoms with Crippen LogP contribution < -0.4 is 10.6 Å². The van der Waals surface area contributed by atoms with Gasteiger partial charge in [-0.1, -0.05) is 13.8 Å². The van der Waals surface area contributed by atoms with E-state index >= 15 is 0 Å². The second kappa shape index (κ2) is 6.29. The normalized spacial score (nSPS) is 17.1. The molecule has 1 aromatic rings. The summed E-state index contributed by atoms with van der Waals surface area (Å²) in [4.78, 5) is 16.5. The molecule has 0 radical (unpaired) electrons. The fourth-order valence-electron chi connectivity index (χ4n) is 2.06. The third-order valence-corrected chi connectivity index (χ3v) is 4.15. The monoisotopic (exact) mass is 267 g/mol. The van der Waals surface area contributed by atoms with Crippen LogP contribution in [0.25, 0.3) is 0 Å². The Labute approximate surface area is 112 Å². The predicted molar refractivity (Wildman–Crippen MR) is 73.6 cm³/mol. The van der Waals surface area contributed by atoms with E-state index in [0.29, 0.717) is 12.5 Å². The van der Waals surface area contributed by atoms with Crippen LogP contribution in [0.15, 0.2) is 5.38 Å². The molecule has 5 heteroatoms. The van der Waals surface area contributed by atoms with Crippen LogP contribution in [0.4, 0.5) is 0 Å². The molecule has 1 fully saturated rings. The number of nitrogens with one attached hydrogen (secondary N) is 2. The number of piperidine rings is 1. The van der Waals surface area contributed by atoms with E-state index in [1.807, 2.05) is 0 Å². The quantitative estimate of drug-likeness (QED) is 0.876. The summed E-state index contributed by atoms with van der Waals surface area (Å²) in [7, 11) is 0. The van der Waals surface area contributed by atoms with E-state index in [1.165, 1.54) is 0 Å². The highest BCUT2D eigenvalue weighted by atomic mass is 32.1. The molecular formula is C13H21N3OS. The second-order valence-corrected chi connectivity index (χ2v) is 6.01. The molecule has 2 N–H and O–H groups in total. The van der Waals surface area contributed by atoms with Crippen LogP contribution in [0.1, 0.15) is 43.3 Å². The number of hydrogen-bond acceptors (Lipinski definition) is 4. The second-order valence-electron chi connectivity index (χ2n) is 5.06. The van der Waals surface area contributed by atoms with Gasteiger partial charge in [-0.05, 0) is 31.8 Å². The van der Waals surface area contributed by atoms with Gasteiger partial charge in [-0.25, -0.2) is 4.98 Å². The summed E-state index contributed by atoms with van der Waals surface area (Å²) in [6.07, 6.45) is 1.89. The van der Waals surface area contributed by atoms with Gasteiger partial charge in [0.1, 0.15) is 5.01 Å². The average molecular weight is 267 g/mol. The highest BCUT2D eigenvalue weighted by molar-refractivity contribution is 7.09. The summed E-state index contributed by atoms with van der Waals surface area (Å²) in [6, 6.07) is 0. The number of carbonyl (C=O) groups excluding carboxylic acids is 1. The molecule has 0 aromatic carbocycles. The summed E-state index contributed by atoms with van der Waals surface area (Å²) in [6.45, 7) is 6.73. The molecule has 2 rings (SSSR count). The first-order chi connectivity index (χ1) is 8.66. The highest BCUT2D eigenvalue weighted by Crippen LogP contribution is 2.18. The molecule has 1 saturated heterocycles. The maximum atomic E-state index is 12.0. The van der Waals surface area contributed by atoms with Crippen molar-refractivity contribution in [2.45, 2.75) is 39.2 Å². The maximum absolute atomic E-state index is 12.0. The largest absolute Gasteiger partial charge is 0.349 e. The van der Waals surface area contributed by atoms with Crippen LogP contribution in [0, 0.1) is 5.92 Å². The fraction of sp³-hybridized carbons (Fsp3) is 0.692. The van der Waals surface area contributed by atoms with Gasteiger partial charge in [0.2, 0.25) is 5.91 Å². The fourth-order valence-corrected chi connectivity index (χ4v) is 2.96. The summed E-state index contributed by atoms with van der Waals surface area (Å²) in [5.41, 5.74) is 1.12. The van der Waals surface area contributed by atoms with Crippen LogP contribution in [-0.4, -0.2) is 24.0 Å². The Morgan fingerprint density at radius 3 is 2.89 bits per heavy atom. The molecule has 2 heterocycles. The molecule has 100 valence electrons. The van der Waals surface area contributed by atoms with E-state index in [2.05, 4.69) is 34.8 Å². The van der Waals surface area contributed by atoms with Crippen molar-refractivity contribution in [3.8, 4) is 0 Å². The zero-order valence-corrected chi connectivity index (χ0v) is 11.8. The Hall–Kier alpha value is -0.940. The van der Waals surface area contributed by atoms with E-state index < -0.39 is 0 Å². The minimum atomic E-state index is 0.177. The lowest BCUT2D eigenvalue weighted by molar-refractivity contribution is -0.125. The van der Waals surface area contributed by atoms with Crippen molar-refractivity contribution >= 4 is 17.2 Å². The van der Waals surface area contributed by atoms with Gasteiger partial charge < -0.3 is 10.6 Å². The topological polar surface area (TPSA) is 54.0 Å². The van der Waals surface area contributed by atoms with Crippen molar-refractivity contribution < 1.29 is 4.79 Å². The van der Waals surface area contributed by atoms with Gasteiger partial charge in [-0.15, -0.1) is 11.3 Å². The van der Waals surface area contributed by atoms with Crippen LogP contribution in [0.3, 0.4) is 0 Å². The Bertz CT molecular complexity index is 397. The van der Waals surface area contributed by atoms with Gasteiger partial charge in [0.15, 0.2) is 0 Å². The molecule has 1 amide bonds. The third-order valence-electron chi connectivity index (χ3n) is 3.28. The van der Waals surface area contributed by atoms with E-state index in [1.54, 1.807) is 11.3 Å². The lowest BCUT2D eigenvalue weighted by atomic mass is 9.97. The molecule has 0 saturated carbocycles. The number of rotatable bonds is 4. The van der Waals surface area contributed by atoms with Crippen LogP contribution in [0.2, 0.25) is 0 Å². The lowest BCUT2D eigenvalue weighted by Crippen LogP contribution is -2.37. The van der Waals surface area contributed by atoms with E-state index in [-0.39, 0.29) is 11.8 Å². The van der Waals surface area contributed by atoms with Crippen molar-refractivity contribution in [1.29, 1.82) is 0 Å². The maximum Gasteiger partial charge on any atom is 0.223 e. The number of thiazole rings is 1. The number of aromatic nitrogens is 1. The van der Waals surface area contributed by atoms with Gasteiger partial charge in [-0.3, -0.25) is 4.79 Å². The number of carbonyl (C=O) groups is 1. The van der Waals surface area contributed by atoms with E-state index in [4.69, 9.17) is 0 Å². The highest BCUT2D eigenvalue weighted by Gasteiger charge is 2.20. The minimum absolute atomic E-state index is 0.177. The first-order valence-electron chi connectivity index (χ1n) is 6.59. The summed E-state index contributed by atoms with van der Waals surface area (Å²) < 4.78 is 0.